The Morgan fingerprint density at radius 2 is 2.05 bits per heavy atom. The molecule has 0 saturated carbocycles. The number of hydrogen-bond donors (Lipinski definition) is 2. The minimum atomic E-state index is -0.880. The maximum Gasteiger partial charge on any atom is 0.310 e. The second kappa shape index (κ2) is 7.78. The van der Waals surface area contributed by atoms with Crippen molar-refractivity contribution in [3.8, 4) is 5.75 Å². The first-order chi connectivity index (χ1) is 9.43. The molecule has 1 rings (SSSR count). The molecule has 20 heavy (non-hydrogen) atoms. The molecule has 0 aliphatic heterocycles. The third kappa shape index (κ3) is 5.12. The van der Waals surface area contributed by atoms with Gasteiger partial charge < -0.3 is 19.7 Å². The molecule has 7 nitrogen and oxygen atoms in total. The van der Waals surface area contributed by atoms with E-state index in [-0.39, 0.29) is 37.4 Å². The molecule has 0 saturated heterocycles. The molecule has 1 aromatic carbocycles. The van der Waals surface area contributed by atoms with E-state index in [4.69, 9.17) is 14.6 Å². The van der Waals surface area contributed by atoms with Gasteiger partial charge in [-0.25, -0.2) is 0 Å². The van der Waals surface area contributed by atoms with E-state index in [1.807, 2.05) is 13.8 Å². The van der Waals surface area contributed by atoms with Gasteiger partial charge in [0.2, 0.25) is 0 Å². The topological polar surface area (TPSA) is 102 Å². The minimum absolute atomic E-state index is 0.0169. The summed E-state index contributed by atoms with van der Waals surface area (Å²) in [5.74, 6) is 0.0187. The van der Waals surface area contributed by atoms with Crippen LogP contribution in [0.15, 0.2) is 18.2 Å². The lowest BCUT2D eigenvalue weighted by Crippen LogP contribution is -2.25. The summed E-state index contributed by atoms with van der Waals surface area (Å²) in [5, 5.41) is 29.5. The maximum atomic E-state index is 10.9. The Bertz CT molecular complexity index is 448. The van der Waals surface area contributed by atoms with Crippen molar-refractivity contribution < 1.29 is 24.6 Å². The van der Waals surface area contributed by atoms with Crippen LogP contribution in [0.4, 0.5) is 5.69 Å². The molecule has 0 amide bonds. The fraction of sp³-hybridized carbons (Fsp3) is 0.538. The molecule has 1 atom stereocenters. The Balaban J connectivity index is 2.67. The van der Waals surface area contributed by atoms with E-state index in [1.165, 1.54) is 18.2 Å². The average molecular weight is 285 g/mol. The van der Waals surface area contributed by atoms with Gasteiger partial charge in [-0.1, -0.05) is 0 Å². The van der Waals surface area contributed by atoms with E-state index in [1.54, 1.807) is 0 Å². The number of rotatable bonds is 8. The van der Waals surface area contributed by atoms with Crippen LogP contribution in [0.1, 0.15) is 19.4 Å². The van der Waals surface area contributed by atoms with Gasteiger partial charge >= 0.3 is 5.69 Å². The van der Waals surface area contributed by atoms with Gasteiger partial charge in [0.25, 0.3) is 0 Å². The van der Waals surface area contributed by atoms with Gasteiger partial charge in [-0.3, -0.25) is 10.1 Å². The summed E-state index contributed by atoms with van der Waals surface area (Å²) in [4.78, 5) is 10.3. The quantitative estimate of drug-likeness (QED) is 0.550. The summed E-state index contributed by atoms with van der Waals surface area (Å²) < 4.78 is 10.5. The van der Waals surface area contributed by atoms with E-state index in [0.717, 1.165) is 0 Å². The molecule has 1 unspecified atom stereocenters. The Morgan fingerprint density at radius 3 is 2.60 bits per heavy atom. The van der Waals surface area contributed by atoms with E-state index in [2.05, 4.69) is 0 Å². The Kier molecular flexibility index (Phi) is 6.37. The smallest absolute Gasteiger partial charge is 0.310 e. The molecular formula is C13H19NO6. The summed E-state index contributed by atoms with van der Waals surface area (Å²) in [6, 6.07) is 4.09. The van der Waals surface area contributed by atoms with E-state index in [9.17, 15) is 15.2 Å². The van der Waals surface area contributed by atoms with Gasteiger partial charge in [0.1, 0.15) is 12.7 Å². The fourth-order valence-corrected chi connectivity index (χ4v) is 1.46. The predicted molar refractivity (Wildman–Crippen MR) is 71.6 cm³/mol. The highest BCUT2D eigenvalue weighted by Crippen LogP contribution is 2.28. The minimum Gasteiger partial charge on any atom is -0.484 e. The van der Waals surface area contributed by atoms with Gasteiger partial charge in [0, 0.05) is 6.07 Å². The standard InChI is InChI=1S/C13H19NO6/c1-9(2)19-7-11(16)8-20-13-5-10(6-15)3-4-12(13)14(17)18/h3-5,9,11,15-16H,6-8H2,1-2H3. The van der Waals surface area contributed by atoms with Crippen molar-refractivity contribution in [2.24, 2.45) is 0 Å². The summed E-state index contributed by atoms with van der Waals surface area (Å²) >= 11 is 0. The number of aliphatic hydroxyl groups is 2. The molecule has 0 spiro atoms. The number of ether oxygens (including phenoxy) is 2. The zero-order valence-corrected chi connectivity index (χ0v) is 11.5. The fourth-order valence-electron chi connectivity index (χ4n) is 1.46. The molecule has 1 aromatic rings. The largest absolute Gasteiger partial charge is 0.484 e. The third-order valence-corrected chi connectivity index (χ3v) is 2.46. The van der Waals surface area contributed by atoms with Crippen LogP contribution in [0, 0.1) is 10.1 Å². The van der Waals surface area contributed by atoms with Crippen LogP contribution in [-0.2, 0) is 11.3 Å². The van der Waals surface area contributed by atoms with E-state index in [0.29, 0.717) is 5.56 Å². The predicted octanol–water partition coefficient (Wildman–Crippen LogP) is 1.25. The van der Waals surface area contributed by atoms with Crippen molar-refractivity contribution in [2.45, 2.75) is 32.7 Å². The normalized spacial score (nSPS) is 12.4. The van der Waals surface area contributed by atoms with Crippen LogP contribution in [0.25, 0.3) is 0 Å². The first-order valence-corrected chi connectivity index (χ1v) is 6.24. The number of nitro groups is 1. The Labute approximate surface area is 116 Å². The molecule has 0 aliphatic rings. The summed E-state index contributed by atoms with van der Waals surface area (Å²) in [6.07, 6.45) is -0.897. The lowest BCUT2D eigenvalue weighted by Gasteiger charge is -2.14. The SMILES string of the molecule is CC(C)OCC(O)COc1cc(CO)ccc1[N+](=O)[O-]. The van der Waals surface area contributed by atoms with Crippen LogP contribution in [0.3, 0.4) is 0 Å². The van der Waals surface area contributed by atoms with Crippen molar-refractivity contribution in [1.29, 1.82) is 0 Å². The molecule has 2 N–H and O–H groups in total. The van der Waals surface area contributed by atoms with Gasteiger partial charge in [-0.15, -0.1) is 0 Å². The molecule has 0 bridgehead atoms. The molecule has 112 valence electrons. The number of benzene rings is 1. The van der Waals surface area contributed by atoms with Gasteiger partial charge in [0.05, 0.1) is 24.2 Å². The lowest BCUT2D eigenvalue weighted by atomic mass is 10.2. The Morgan fingerprint density at radius 1 is 1.35 bits per heavy atom. The zero-order valence-electron chi connectivity index (χ0n) is 11.5. The van der Waals surface area contributed by atoms with E-state index < -0.39 is 11.0 Å². The van der Waals surface area contributed by atoms with Crippen molar-refractivity contribution in [3.63, 3.8) is 0 Å². The Hall–Kier alpha value is -1.70. The highest BCUT2D eigenvalue weighted by Gasteiger charge is 2.17. The number of hydrogen-bond acceptors (Lipinski definition) is 6. The van der Waals surface area contributed by atoms with Crippen LogP contribution in [0.2, 0.25) is 0 Å². The molecule has 0 fully saturated rings. The van der Waals surface area contributed by atoms with Crippen LogP contribution < -0.4 is 4.74 Å². The van der Waals surface area contributed by atoms with Crippen LogP contribution in [-0.4, -0.2) is 40.6 Å². The van der Waals surface area contributed by atoms with Gasteiger partial charge in [-0.2, -0.15) is 0 Å². The van der Waals surface area contributed by atoms with Crippen molar-refractivity contribution >= 4 is 5.69 Å². The van der Waals surface area contributed by atoms with Crippen molar-refractivity contribution in [1.82, 2.24) is 0 Å². The van der Waals surface area contributed by atoms with Gasteiger partial charge in [-0.05, 0) is 31.5 Å². The lowest BCUT2D eigenvalue weighted by molar-refractivity contribution is -0.386. The highest BCUT2D eigenvalue weighted by atomic mass is 16.6. The number of nitro benzene ring substituents is 1. The highest BCUT2D eigenvalue weighted by molar-refractivity contribution is 5.48. The summed E-state index contributed by atoms with van der Waals surface area (Å²) in [6.45, 7) is 3.40. The van der Waals surface area contributed by atoms with Crippen molar-refractivity contribution in [3.05, 3.63) is 33.9 Å². The maximum absolute atomic E-state index is 10.9. The number of nitrogens with zero attached hydrogens (tertiary/aromatic N) is 1. The molecular weight excluding hydrogens is 266 g/mol. The second-order valence-corrected chi connectivity index (χ2v) is 4.56. The second-order valence-electron chi connectivity index (χ2n) is 4.56. The summed E-state index contributed by atoms with van der Waals surface area (Å²) in [5.41, 5.74) is 0.290. The zero-order chi connectivity index (χ0) is 15.1. The third-order valence-electron chi connectivity index (χ3n) is 2.46. The molecule has 7 heteroatoms. The molecule has 0 heterocycles. The molecule has 0 radical (unpaired) electrons. The average Bonchev–Trinajstić information content (AvgIpc) is 2.42. The van der Waals surface area contributed by atoms with Crippen molar-refractivity contribution in [2.75, 3.05) is 13.2 Å². The van der Waals surface area contributed by atoms with Crippen LogP contribution in [0.5, 0.6) is 5.75 Å². The van der Waals surface area contributed by atoms with E-state index >= 15 is 0 Å². The summed E-state index contributed by atoms with van der Waals surface area (Å²) in [7, 11) is 0. The first kappa shape index (κ1) is 16.4. The van der Waals surface area contributed by atoms with Crippen LogP contribution >= 0.6 is 0 Å². The first-order valence-electron chi connectivity index (χ1n) is 6.24. The van der Waals surface area contributed by atoms with Gasteiger partial charge in [0.15, 0.2) is 5.75 Å². The molecule has 0 aliphatic carbocycles. The number of aliphatic hydroxyl groups excluding tert-OH is 2. The monoisotopic (exact) mass is 285 g/mol. The molecule has 0 aromatic heterocycles.